The normalized spacial score (nSPS) is 14.6. The Bertz CT molecular complexity index is 601. The Kier molecular flexibility index (Phi) is 4.74. The predicted molar refractivity (Wildman–Crippen MR) is 90.0 cm³/mol. The van der Waals surface area contributed by atoms with E-state index >= 15 is 0 Å². The maximum Gasteiger partial charge on any atom is 0.253 e. The van der Waals surface area contributed by atoms with E-state index in [-0.39, 0.29) is 5.91 Å². The molecule has 0 unspecified atom stereocenters. The Morgan fingerprint density at radius 3 is 2.27 bits per heavy atom. The maximum absolute atomic E-state index is 12.4. The number of likely N-dealkylation sites (tertiary alicyclic amines) is 1. The average molecular weight is 294 g/mol. The second kappa shape index (κ2) is 7.12. The fourth-order valence-corrected chi connectivity index (χ4v) is 2.81. The number of rotatable bonds is 4. The molecule has 0 spiro atoms. The molecule has 1 saturated heterocycles. The summed E-state index contributed by atoms with van der Waals surface area (Å²) in [5.41, 5.74) is 3.07. The van der Waals surface area contributed by atoms with Crippen LogP contribution in [0.1, 0.15) is 35.2 Å². The lowest BCUT2D eigenvalue weighted by molar-refractivity contribution is 0.0724. The van der Waals surface area contributed by atoms with Gasteiger partial charge in [0.05, 0.1) is 0 Å². The average Bonchev–Trinajstić information content (AvgIpc) is 2.61. The Hall–Kier alpha value is -2.29. The molecule has 2 aromatic carbocycles. The lowest BCUT2D eigenvalue weighted by atomic mass is 10.1. The summed E-state index contributed by atoms with van der Waals surface area (Å²) < 4.78 is 0. The molecule has 0 aromatic heterocycles. The van der Waals surface area contributed by atoms with E-state index in [0.717, 1.165) is 43.7 Å². The van der Waals surface area contributed by atoms with Crippen molar-refractivity contribution in [1.82, 2.24) is 4.90 Å². The van der Waals surface area contributed by atoms with Gasteiger partial charge in [0.2, 0.25) is 0 Å². The first-order valence-electron chi connectivity index (χ1n) is 8.00. The number of anilines is 1. The summed E-state index contributed by atoms with van der Waals surface area (Å²) in [7, 11) is 0. The van der Waals surface area contributed by atoms with Gasteiger partial charge in [0.25, 0.3) is 5.91 Å². The molecule has 1 aliphatic heterocycles. The zero-order chi connectivity index (χ0) is 15.2. The first kappa shape index (κ1) is 14.6. The summed E-state index contributed by atoms with van der Waals surface area (Å²) in [6.45, 7) is 2.58. The summed E-state index contributed by atoms with van der Waals surface area (Å²) in [6.07, 6.45) is 3.50. The summed E-state index contributed by atoms with van der Waals surface area (Å²) in [6, 6.07) is 18.1. The van der Waals surface area contributed by atoms with E-state index < -0.39 is 0 Å². The van der Waals surface area contributed by atoms with E-state index in [1.54, 1.807) is 0 Å². The third kappa shape index (κ3) is 3.67. The molecule has 1 aliphatic rings. The van der Waals surface area contributed by atoms with Crippen molar-refractivity contribution in [3.63, 3.8) is 0 Å². The SMILES string of the molecule is O=C(c1ccc(NCc2ccccc2)cc1)N1CCCCC1. The van der Waals surface area contributed by atoms with E-state index in [1.165, 1.54) is 12.0 Å². The Labute approximate surface area is 132 Å². The van der Waals surface area contributed by atoms with Crippen LogP contribution in [0.25, 0.3) is 0 Å². The second-order valence-electron chi connectivity index (χ2n) is 5.77. The van der Waals surface area contributed by atoms with Gasteiger partial charge in [-0.2, -0.15) is 0 Å². The molecular formula is C19H22N2O. The molecule has 1 fully saturated rings. The Morgan fingerprint density at radius 2 is 1.59 bits per heavy atom. The highest BCUT2D eigenvalue weighted by Crippen LogP contribution is 2.16. The summed E-state index contributed by atoms with van der Waals surface area (Å²) in [4.78, 5) is 14.4. The minimum atomic E-state index is 0.161. The molecule has 0 saturated carbocycles. The minimum Gasteiger partial charge on any atom is -0.381 e. The highest BCUT2D eigenvalue weighted by Gasteiger charge is 2.17. The number of benzene rings is 2. The zero-order valence-corrected chi connectivity index (χ0v) is 12.8. The zero-order valence-electron chi connectivity index (χ0n) is 12.8. The molecule has 3 rings (SSSR count). The number of carbonyl (C=O) groups is 1. The quantitative estimate of drug-likeness (QED) is 0.926. The molecule has 1 heterocycles. The molecule has 3 nitrogen and oxygen atoms in total. The highest BCUT2D eigenvalue weighted by molar-refractivity contribution is 5.94. The van der Waals surface area contributed by atoms with Gasteiger partial charge >= 0.3 is 0 Å². The van der Waals surface area contributed by atoms with Gasteiger partial charge < -0.3 is 10.2 Å². The van der Waals surface area contributed by atoms with Crippen LogP contribution in [0, 0.1) is 0 Å². The van der Waals surface area contributed by atoms with E-state index in [1.807, 2.05) is 47.4 Å². The molecule has 1 N–H and O–H groups in total. The van der Waals surface area contributed by atoms with Crippen LogP contribution in [0.3, 0.4) is 0 Å². The van der Waals surface area contributed by atoms with Crippen LogP contribution < -0.4 is 5.32 Å². The largest absolute Gasteiger partial charge is 0.381 e. The van der Waals surface area contributed by atoms with Crippen LogP contribution >= 0.6 is 0 Å². The summed E-state index contributed by atoms with van der Waals surface area (Å²) >= 11 is 0. The van der Waals surface area contributed by atoms with Gasteiger partial charge in [0.15, 0.2) is 0 Å². The molecule has 0 atom stereocenters. The van der Waals surface area contributed by atoms with Gasteiger partial charge in [0.1, 0.15) is 0 Å². The lowest BCUT2D eigenvalue weighted by Crippen LogP contribution is -2.35. The number of carbonyl (C=O) groups excluding carboxylic acids is 1. The van der Waals surface area contributed by atoms with Crippen molar-refractivity contribution in [2.45, 2.75) is 25.8 Å². The smallest absolute Gasteiger partial charge is 0.253 e. The molecule has 1 amide bonds. The van der Waals surface area contributed by atoms with E-state index in [9.17, 15) is 4.79 Å². The second-order valence-corrected chi connectivity index (χ2v) is 5.77. The topological polar surface area (TPSA) is 32.3 Å². The minimum absolute atomic E-state index is 0.161. The van der Waals surface area contributed by atoms with Crippen molar-refractivity contribution < 1.29 is 4.79 Å². The van der Waals surface area contributed by atoms with Crippen LogP contribution in [0.2, 0.25) is 0 Å². The third-order valence-electron chi connectivity index (χ3n) is 4.11. The number of nitrogens with one attached hydrogen (secondary N) is 1. The third-order valence-corrected chi connectivity index (χ3v) is 4.11. The van der Waals surface area contributed by atoms with Gasteiger partial charge in [-0.25, -0.2) is 0 Å². The van der Waals surface area contributed by atoms with Gasteiger partial charge in [-0.05, 0) is 49.1 Å². The molecule has 0 bridgehead atoms. The fraction of sp³-hybridized carbons (Fsp3) is 0.316. The maximum atomic E-state index is 12.4. The number of nitrogens with zero attached hydrogens (tertiary/aromatic N) is 1. The molecular weight excluding hydrogens is 272 g/mol. The van der Waals surface area contributed by atoms with Gasteiger partial charge in [-0.15, -0.1) is 0 Å². The summed E-state index contributed by atoms with van der Waals surface area (Å²) in [5, 5.41) is 3.38. The molecule has 0 aliphatic carbocycles. The van der Waals surface area contributed by atoms with E-state index in [4.69, 9.17) is 0 Å². The van der Waals surface area contributed by atoms with Crippen LogP contribution in [-0.2, 0) is 6.54 Å². The number of hydrogen-bond acceptors (Lipinski definition) is 2. The molecule has 22 heavy (non-hydrogen) atoms. The number of amides is 1. The summed E-state index contributed by atoms with van der Waals surface area (Å²) in [5.74, 6) is 0.161. The Morgan fingerprint density at radius 1 is 0.909 bits per heavy atom. The van der Waals surface area contributed by atoms with Crippen molar-refractivity contribution in [1.29, 1.82) is 0 Å². The fourth-order valence-electron chi connectivity index (χ4n) is 2.81. The molecule has 0 radical (unpaired) electrons. The lowest BCUT2D eigenvalue weighted by Gasteiger charge is -2.26. The van der Waals surface area contributed by atoms with Crippen molar-refractivity contribution in [3.8, 4) is 0 Å². The molecule has 2 aromatic rings. The first-order chi connectivity index (χ1) is 10.8. The van der Waals surface area contributed by atoms with Gasteiger partial charge in [0, 0.05) is 30.9 Å². The van der Waals surface area contributed by atoms with E-state index in [0.29, 0.717) is 0 Å². The van der Waals surface area contributed by atoms with Crippen molar-refractivity contribution in [2.75, 3.05) is 18.4 Å². The molecule has 3 heteroatoms. The van der Waals surface area contributed by atoms with Crippen molar-refractivity contribution in [2.24, 2.45) is 0 Å². The van der Waals surface area contributed by atoms with Crippen LogP contribution in [0.15, 0.2) is 54.6 Å². The van der Waals surface area contributed by atoms with Crippen molar-refractivity contribution in [3.05, 3.63) is 65.7 Å². The van der Waals surface area contributed by atoms with Crippen LogP contribution in [0.5, 0.6) is 0 Å². The van der Waals surface area contributed by atoms with Gasteiger partial charge in [-0.1, -0.05) is 30.3 Å². The standard InChI is InChI=1S/C19H22N2O/c22-19(21-13-5-2-6-14-21)17-9-11-18(12-10-17)20-15-16-7-3-1-4-8-16/h1,3-4,7-12,20H,2,5-6,13-15H2. The predicted octanol–water partition coefficient (Wildman–Crippen LogP) is 3.92. The van der Waals surface area contributed by atoms with Crippen LogP contribution in [0.4, 0.5) is 5.69 Å². The van der Waals surface area contributed by atoms with E-state index in [2.05, 4.69) is 17.4 Å². The van der Waals surface area contributed by atoms with Gasteiger partial charge in [-0.3, -0.25) is 4.79 Å². The number of hydrogen-bond donors (Lipinski definition) is 1. The first-order valence-corrected chi connectivity index (χ1v) is 8.00. The number of piperidine rings is 1. The monoisotopic (exact) mass is 294 g/mol. The van der Waals surface area contributed by atoms with Crippen molar-refractivity contribution >= 4 is 11.6 Å². The van der Waals surface area contributed by atoms with Crippen LogP contribution in [-0.4, -0.2) is 23.9 Å². The molecule has 114 valence electrons. The highest BCUT2D eigenvalue weighted by atomic mass is 16.2. The Balaban J connectivity index is 1.59.